The first kappa shape index (κ1) is 36.9. The van der Waals surface area contributed by atoms with Gasteiger partial charge in [0.05, 0.1) is 25.4 Å². The number of unbranched alkanes of at least 4 members (excludes halogenated alkanes) is 8. The van der Waals surface area contributed by atoms with Gasteiger partial charge in [-0.05, 0) is 32.1 Å². The number of carbonyl (C=O) groups excluding carboxylic acids is 1. The van der Waals surface area contributed by atoms with Crippen molar-refractivity contribution >= 4 is 5.91 Å². The number of aliphatic hydroxyl groups excluding tert-OH is 7. The number of carbonyl (C=O) groups is 1. The number of hydrogen-bond acceptors (Lipinski definition) is 10. The molecule has 0 bridgehead atoms. The summed E-state index contributed by atoms with van der Waals surface area (Å²) < 4.78 is 10.9. The molecule has 11 nitrogen and oxygen atoms in total. The van der Waals surface area contributed by atoms with Gasteiger partial charge in [0.25, 0.3) is 0 Å². The van der Waals surface area contributed by atoms with Gasteiger partial charge in [0.2, 0.25) is 5.91 Å². The molecule has 0 spiro atoms. The van der Waals surface area contributed by atoms with Crippen molar-refractivity contribution in [2.24, 2.45) is 0 Å². The summed E-state index contributed by atoms with van der Waals surface area (Å²) >= 11 is 0. The molecule has 11 heteroatoms. The number of nitrogens with one attached hydrogen (secondary N) is 1. The highest BCUT2D eigenvalue weighted by atomic mass is 16.7. The van der Waals surface area contributed by atoms with Crippen LogP contribution in [0.5, 0.6) is 0 Å². The van der Waals surface area contributed by atoms with Crippen molar-refractivity contribution in [1.29, 1.82) is 0 Å². The largest absolute Gasteiger partial charge is 0.394 e. The van der Waals surface area contributed by atoms with Crippen molar-refractivity contribution in [1.82, 2.24) is 5.32 Å². The summed E-state index contributed by atoms with van der Waals surface area (Å²) in [5.41, 5.74) is 0. The first-order valence-electron chi connectivity index (χ1n) is 15.1. The van der Waals surface area contributed by atoms with Gasteiger partial charge in [-0.15, -0.1) is 0 Å². The second-order valence-electron chi connectivity index (χ2n) is 10.8. The highest BCUT2D eigenvalue weighted by Gasteiger charge is 2.44. The maximum absolute atomic E-state index is 12.7. The van der Waals surface area contributed by atoms with E-state index >= 15 is 0 Å². The van der Waals surface area contributed by atoms with E-state index in [9.17, 15) is 40.5 Å². The van der Waals surface area contributed by atoms with Crippen LogP contribution in [0.25, 0.3) is 0 Å². The predicted octanol–water partition coefficient (Wildman–Crippen LogP) is 1.04. The second kappa shape index (κ2) is 21.5. The van der Waals surface area contributed by atoms with Crippen molar-refractivity contribution in [2.45, 2.75) is 152 Å². The lowest BCUT2D eigenvalue weighted by atomic mass is 9.98. The molecule has 9 unspecified atom stereocenters. The average Bonchev–Trinajstić information content (AvgIpc) is 2.95. The molecule has 40 heavy (non-hydrogen) atoms. The van der Waals surface area contributed by atoms with E-state index in [1.807, 2.05) is 6.92 Å². The van der Waals surface area contributed by atoms with Gasteiger partial charge in [0, 0.05) is 0 Å². The summed E-state index contributed by atoms with van der Waals surface area (Å²) in [6.45, 7) is 3.11. The molecule has 1 aliphatic rings. The minimum absolute atomic E-state index is 0.244. The number of hydrogen-bond donors (Lipinski definition) is 8. The van der Waals surface area contributed by atoms with Crippen molar-refractivity contribution in [3.63, 3.8) is 0 Å². The van der Waals surface area contributed by atoms with E-state index in [-0.39, 0.29) is 12.8 Å². The molecular weight excluding hydrogens is 522 g/mol. The molecule has 9 atom stereocenters. The number of ether oxygens (including phenoxy) is 2. The van der Waals surface area contributed by atoms with Crippen molar-refractivity contribution in [3.8, 4) is 0 Å². The van der Waals surface area contributed by atoms with E-state index in [0.717, 1.165) is 44.9 Å². The lowest BCUT2D eigenvalue weighted by Gasteiger charge is -2.40. The molecule has 0 aromatic heterocycles. The smallest absolute Gasteiger partial charge is 0.249 e. The van der Waals surface area contributed by atoms with Gasteiger partial charge >= 0.3 is 0 Å². The minimum Gasteiger partial charge on any atom is -0.394 e. The fourth-order valence-electron chi connectivity index (χ4n) is 4.59. The molecule has 236 valence electrons. The average molecular weight is 578 g/mol. The zero-order valence-electron chi connectivity index (χ0n) is 24.3. The third-order valence-corrected chi connectivity index (χ3v) is 7.32. The first-order valence-corrected chi connectivity index (χ1v) is 15.1. The standard InChI is InChI=1S/C29H55NO10/c1-3-5-7-8-9-10-11-12-13-15-17-22(33)28(38)30-20(24(34)21(32)16-14-6-4-2)19-39-29-27(37)26(36)25(35)23(18-31)40-29/h8-9,20-27,29,31-37H,3-7,10-19H2,1-2H3,(H,30,38)/b9-8-. The number of rotatable bonds is 22. The molecule has 0 radical (unpaired) electrons. The molecule has 0 aliphatic carbocycles. The Morgan fingerprint density at radius 1 is 0.850 bits per heavy atom. The Morgan fingerprint density at radius 2 is 1.48 bits per heavy atom. The van der Waals surface area contributed by atoms with Crippen LogP contribution in [0.1, 0.15) is 97.3 Å². The van der Waals surface area contributed by atoms with Gasteiger partial charge in [0.15, 0.2) is 6.29 Å². The Labute approximate surface area is 239 Å². The van der Waals surface area contributed by atoms with Gasteiger partial charge in [-0.3, -0.25) is 4.79 Å². The molecule has 8 N–H and O–H groups in total. The molecule has 1 saturated heterocycles. The molecule has 1 heterocycles. The van der Waals surface area contributed by atoms with Crippen molar-refractivity contribution < 1.29 is 50.0 Å². The van der Waals surface area contributed by atoms with E-state index in [2.05, 4.69) is 24.4 Å². The van der Waals surface area contributed by atoms with Crippen LogP contribution in [0.2, 0.25) is 0 Å². The maximum atomic E-state index is 12.7. The third kappa shape index (κ3) is 13.7. The van der Waals surface area contributed by atoms with Crippen molar-refractivity contribution in [3.05, 3.63) is 12.2 Å². The highest BCUT2D eigenvalue weighted by molar-refractivity contribution is 5.80. The summed E-state index contributed by atoms with van der Waals surface area (Å²) in [4.78, 5) is 12.7. The van der Waals surface area contributed by atoms with Crippen LogP contribution >= 0.6 is 0 Å². The van der Waals surface area contributed by atoms with Gasteiger partial charge in [0.1, 0.15) is 36.6 Å². The van der Waals surface area contributed by atoms with Crippen LogP contribution < -0.4 is 5.32 Å². The quantitative estimate of drug-likeness (QED) is 0.0682. The predicted molar refractivity (Wildman–Crippen MR) is 150 cm³/mol. The molecule has 1 amide bonds. The number of allylic oxidation sites excluding steroid dienone is 2. The van der Waals surface area contributed by atoms with Crippen LogP contribution in [0.15, 0.2) is 12.2 Å². The summed E-state index contributed by atoms with van der Waals surface area (Å²) in [6.07, 6.45) is 4.03. The van der Waals surface area contributed by atoms with Crippen LogP contribution in [-0.4, -0.2) is 110 Å². The van der Waals surface area contributed by atoms with E-state index in [0.29, 0.717) is 12.8 Å². The summed E-state index contributed by atoms with van der Waals surface area (Å²) in [5, 5.41) is 73.8. The Kier molecular flexibility index (Phi) is 19.9. The normalized spacial score (nSPS) is 26.5. The van der Waals surface area contributed by atoms with Crippen molar-refractivity contribution in [2.75, 3.05) is 13.2 Å². The van der Waals surface area contributed by atoms with Crippen LogP contribution in [0.4, 0.5) is 0 Å². The molecule has 1 rings (SSSR count). The van der Waals surface area contributed by atoms with E-state index < -0.39 is 74.2 Å². The SMILES string of the molecule is CCCC/C=C\CCCCCCC(O)C(=O)NC(COC1OC(CO)C(O)C(O)C1O)C(O)C(O)CCCCC. The molecule has 0 saturated carbocycles. The Balaban J connectivity index is 2.64. The highest BCUT2D eigenvalue weighted by Crippen LogP contribution is 2.22. The fourth-order valence-corrected chi connectivity index (χ4v) is 4.59. The van der Waals surface area contributed by atoms with Crippen LogP contribution in [0.3, 0.4) is 0 Å². The summed E-state index contributed by atoms with van der Waals surface area (Å²) in [6, 6.07) is -1.16. The lowest BCUT2D eigenvalue weighted by Crippen LogP contribution is -2.60. The first-order chi connectivity index (χ1) is 19.2. The molecule has 0 aromatic carbocycles. The van der Waals surface area contributed by atoms with Gasteiger partial charge in [-0.25, -0.2) is 0 Å². The molecule has 1 fully saturated rings. The van der Waals surface area contributed by atoms with Crippen LogP contribution in [0, 0.1) is 0 Å². The number of aliphatic hydroxyl groups is 7. The maximum Gasteiger partial charge on any atom is 0.249 e. The van der Waals surface area contributed by atoms with Gasteiger partial charge in [-0.2, -0.15) is 0 Å². The van der Waals surface area contributed by atoms with E-state index in [1.165, 1.54) is 12.8 Å². The third-order valence-electron chi connectivity index (χ3n) is 7.32. The topological polar surface area (TPSA) is 189 Å². The van der Waals surface area contributed by atoms with Gasteiger partial charge < -0.3 is 50.5 Å². The number of amides is 1. The van der Waals surface area contributed by atoms with E-state index in [4.69, 9.17) is 9.47 Å². The zero-order chi connectivity index (χ0) is 29.9. The fraction of sp³-hybridized carbons (Fsp3) is 0.897. The monoisotopic (exact) mass is 577 g/mol. The lowest BCUT2D eigenvalue weighted by molar-refractivity contribution is -0.303. The molecule has 0 aromatic rings. The summed E-state index contributed by atoms with van der Waals surface area (Å²) in [7, 11) is 0. The van der Waals surface area contributed by atoms with Crippen LogP contribution in [-0.2, 0) is 14.3 Å². The minimum atomic E-state index is -1.65. The van der Waals surface area contributed by atoms with Gasteiger partial charge in [-0.1, -0.05) is 77.4 Å². The summed E-state index contributed by atoms with van der Waals surface area (Å²) in [5.74, 6) is -0.721. The zero-order valence-corrected chi connectivity index (χ0v) is 24.3. The molecule has 1 aliphatic heterocycles. The molecular formula is C29H55NO10. The Morgan fingerprint density at radius 3 is 2.12 bits per heavy atom. The second-order valence-corrected chi connectivity index (χ2v) is 10.8. The van der Waals surface area contributed by atoms with E-state index in [1.54, 1.807) is 0 Å². The Hall–Kier alpha value is -1.15. The Bertz CT molecular complexity index is 679.